The summed E-state index contributed by atoms with van der Waals surface area (Å²) in [6, 6.07) is 12.0. The van der Waals surface area contributed by atoms with Gasteiger partial charge >= 0.3 is 0 Å². The fourth-order valence-corrected chi connectivity index (χ4v) is 3.28. The number of benzene rings is 1. The van der Waals surface area contributed by atoms with E-state index in [0.717, 1.165) is 16.3 Å². The number of rotatable bonds is 3. The molecule has 1 aliphatic heterocycles. The zero-order valence-electron chi connectivity index (χ0n) is 11.8. The second-order valence-electron chi connectivity index (χ2n) is 4.76. The molecule has 0 saturated carbocycles. The van der Waals surface area contributed by atoms with E-state index in [0.29, 0.717) is 5.57 Å². The fraction of sp³-hybridized carbons (Fsp3) is 0.312. The molecule has 2 atom stereocenters. The Labute approximate surface area is 123 Å². The summed E-state index contributed by atoms with van der Waals surface area (Å²) >= 11 is 1.45. The van der Waals surface area contributed by atoms with Gasteiger partial charge in [0, 0.05) is 11.6 Å². The van der Waals surface area contributed by atoms with Gasteiger partial charge in [-0.2, -0.15) is 5.26 Å². The first-order chi connectivity index (χ1) is 9.60. The van der Waals surface area contributed by atoms with Gasteiger partial charge in [-0.05, 0) is 25.7 Å². The van der Waals surface area contributed by atoms with Gasteiger partial charge < -0.3 is 0 Å². The molecule has 3 nitrogen and oxygen atoms in total. The maximum Gasteiger partial charge on any atom is 0.139 e. The molecule has 0 amide bonds. The Balaban J connectivity index is 2.64. The van der Waals surface area contributed by atoms with Crippen LogP contribution in [0, 0.1) is 17.2 Å². The summed E-state index contributed by atoms with van der Waals surface area (Å²) in [6.07, 6.45) is 1.90. The summed E-state index contributed by atoms with van der Waals surface area (Å²) in [5.74, 6) is -0.519. The highest BCUT2D eigenvalue weighted by atomic mass is 32.2. The number of ketones is 1. The second kappa shape index (κ2) is 6.06. The fourth-order valence-electron chi connectivity index (χ4n) is 2.65. The van der Waals surface area contributed by atoms with Gasteiger partial charge in [-0.25, -0.2) is 4.99 Å². The van der Waals surface area contributed by atoms with E-state index < -0.39 is 0 Å². The van der Waals surface area contributed by atoms with Crippen LogP contribution in [0.15, 0.2) is 45.9 Å². The number of thioether (sulfide) groups is 1. The number of hydrogen-bond donors (Lipinski definition) is 0. The van der Waals surface area contributed by atoms with Crippen LogP contribution in [-0.2, 0) is 4.79 Å². The first-order valence-electron chi connectivity index (χ1n) is 6.39. The number of nitriles is 1. The Bertz CT molecular complexity index is 626. The zero-order chi connectivity index (χ0) is 14.7. The third-order valence-electron chi connectivity index (χ3n) is 3.51. The molecule has 4 heteroatoms. The number of carbonyl (C=O) groups is 1. The Kier molecular flexibility index (Phi) is 4.41. The number of aliphatic imine (C=N–C) groups is 1. The van der Waals surface area contributed by atoms with E-state index in [2.05, 4.69) is 11.1 Å². The Morgan fingerprint density at radius 2 is 2.00 bits per heavy atom. The molecule has 1 aromatic rings. The van der Waals surface area contributed by atoms with Crippen molar-refractivity contribution in [1.82, 2.24) is 0 Å². The van der Waals surface area contributed by atoms with Crippen LogP contribution >= 0.6 is 11.8 Å². The van der Waals surface area contributed by atoms with Crippen molar-refractivity contribution in [2.45, 2.75) is 19.8 Å². The topological polar surface area (TPSA) is 53.2 Å². The summed E-state index contributed by atoms with van der Waals surface area (Å²) in [6.45, 7) is 3.44. The van der Waals surface area contributed by atoms with Gasteiger partial charge in [-0.15, -0.1) is 11.8 Å². The Morgan fingerprint density at radius 3 is 2.50 bits per heavy atom. The molecule has 1 aliphatic rings. The summed E-state index contributed by atoms with van der Waals surface area (Å²) in [5, 5.41) is 10.2. The summed E-state index contributed by atoms with van der Waals surface area (Å²) < 4.78 is 0. The van der Waals surface area contributed by atoms with Crippen LogP contribution in [0.25, 0.3) is 0 Å². The first kappa shape index (κ1) is 14.5. The largest absolute Gasteiger partial charge is 0.299 e. The molecule has 1 unspecified atom stereocenters. The minimum atomic E-state index is -0.344. The lowest BCUT2D eigenvalue weighted by atomic mass is 9.75. The molecule has 0 bridgehead atoms. The van der Waals surface area contributed by atoms with Crippen LogP contribution in [-0.4, -0.2) is 17.8 Å². The lowest BCUT2D eigenvalue weighted by molar-refractivity contribution is -0.119. The molecule has 1 heterocycles. The molecule has 0 fully saturated rings. The normalized spacial score (nSPS) is 22.2. The van der Waals surface area contributed by atoms with Crippen LogP contribution < -0.4 is 0 Å². The van der Waals surface area contributed by atoms with E-state index >= 15 is 0 Å². The Morgan fingerprint density at radius 1 is 1.35 bits per heavy atom. The predicted octanol–water partition coefficient (Wildman–Crippen LogP) is 3.55. The van der Waals surface area contributed by atoms with E-state index in [4.69, 9.17) is 0 Å². The van der Waals surface area contributed by atoms with Crippen LogP contribution in [0.1, 0.15) is 25.3 Å². The summed E-state index contributed by atoms with van der Waals surface area (Å²) in [4.78, 5) is 16.5. The maximum atomic E-state index is 12.0. The molecule has 0 aromatic heterocycles. The van der Waals surface area contributed by atoms with Crippen LogP contribution in [0.4, 0.5) is 0 Å². The SMILES string of the molecule is CSC1=C(C#N)[C@@H](c2ccccc2)C(C(C)=O)C(C)=N1. The number of hydrogen-bond acceptors (Lipinski definition) is 4. The molecule has 20 heavy (non-hydrogen) atoms. The lowest BCUT2D eigenvalue weighted by Crippen LogP contribution is -2.31. The van der Waals surface area contributed by atoms with Crippen molar-refractivity contribution in [3.05, 3.63) is 46.5 Å². The van der Waals surface area contributed by atoms with Crippen molar-refractivity contribution >= 4 is 23.3 Å². The molecule has 2 rings (SSSR count). The van der Waals surface area contributed by atoms with Gasteiger partial charge in [0.2, 0.25) is 0 Å². The van der Waals surface area contributed by atoms with E-state index in [9.17, 15) is 10.1 Å². The third kappa shape index (κ3) is 2.54. The highest BCUT2D eigenvalue weighted by Gasteiger charge is 2.37. The van der Waals surface area contributed by atoms with Gasteiger partial charge in [-0.1, -0.05) is 30.3 Å². The van der Waals surface area contributed by atoms with Crippen LogP contribution in [0.2, 0.25) is 0 Å². The van der Waals surface area contributed by atoms with Crippen molar-refractivity contribution in [3.63, 3.8) is 0 Å². The maximum absolute atomic E-state index is 12.0. The van der Waals surface area contributed by atoms with Gasteiger partial charge in [-0.3, -0.25) is 4.79 Å². The smallest absolute Gasteiger partial charge is 0.139 e. The quantitative estimate of drug-likeness (QED) is 0.853. The molecule has 0 spiro atoms. The van der Waals surface area contributed by atoms with Crippen molar-refractivity contribution in [2.24, 2.45) is 10.9 Å². The summed E-state index contributed by atoms with van der Waals surface area (Å²) in [5.41, 5.74) is 2.37. The van der Waals surface area contributed by atoms with Gasteiger partial charge in [0.1, 0.15) is 10.8 Å². The van der Waals surface area contributed by atoms with E-state index in [-0.39, 0.29) is 17.6 Å². The van der Waals surface area contributed by atoms with Crippen molar-refractivity contribution in [2.75, 3.05) is 6.26 Å². The highest BCUT2D eigenvalue weighted by molar-refractivity contribution is 8.02. The van der Waals surface area contributed by atoms with Crippen LogP contribution in [0.5, 0.6) is 0 Å². The van der Waals surface area contributed by atoms with Crippen LogP contribution in [0.3, 0.4) is 0 Å². The monoisotopic (exact) mass is 284 g/mol. The molecule has 0 radical (unpaired) electrons. The molecular weight excluding hydrogens is 268 g/mol. The van der Waals surface area contributed by atoms with Crippen molar-refractivity contribution < 1.29 is 4.79 Å². The number of nitrogens with zero attached hydrogens (tertiary/aromatic N) is 2. The second-order valence-corrected chi connectivity index (χ2v) is 5.56. The minimum Gasteiger partial charge on any atom is -0.299 e. The van der Waals surface area contributed by atoms with E-state index in [1.807, 2.05) is 43.5 Å². The average Bonchev–Trinajstić information content (AvgIpc) is 2.46. The third-order valence-corrected chi connectivity index (χ3v) is 4.21. The van der Waals surface area contributed by atoms with Gasteiger partial charge in [0.15, 0.2) is 0 Å². The van der Waals surface area contributed by atoms with Gasteiger partial charge in [0.25, 0.3) is 0 Å². The standard InChI is InChI=1S/C16H16N2OS/c1-10-14(11(2)19)15(12-7-5-4-6-8-12)13(9-17)16(18-10)20-3/h4-8,14-15H,1-3H3/t14?,15-/m1/s1. The molecule has 1 aromatic carbocycles. The predicted molar refractivity (Wildman–Crippen MR) is 82.6 cm³/mol. The van der Waals surface area contributed by atoms with Crippen molar-refractivity contribution in [1.29, 1.82) is 5.26 Å². The zero-order valence-corrected chi connectivity index (χ0v) is 12.6. The molecule has 0 saturated heterocycles. The number of Topliss-reactive ketones (excluding diaryl/α,β-unsaturated/α-hetero) is 1. The Hall–Kier alpha value is -1.86. The van der Waals surface area contributed by atoms with E-state index in [1.165, 1.54) is 11.8 Å². The summed E-state index contributed by atoms with van der Waals surface area (Å²) in [7, 11) is 0. The van der Waals surface area contributed by atoms with Crippen molar-refractivity contribution in [3.8, 4) is 6.07 Å². The molecule has 102 valence electrons. The highest BCUT2D eigenvalue weighted by Crippen LogP contribution is 2.41. The first-order valence-corrected chi connectivity index (χ1v) is 7.61. The van der Waals surface area contributed by atoms with E-state index in [1.54, 1.807) is 6.92 Å². The average molecular weight is 284 g/mol. The lowest BCUT2D eigenvalue weighted by Gasteiger charge is -2.29. The molecular formula is C16H16N2OS. The number of carbonyl (C=O) groups excluding carboxylic acids is 1. The minimum absolute atomic E-state index is 0.0491. The number of allylic oxidation sites excluding steroid dienone is 1. The molecule has 0 aliphatic carbocycles. The van der Waals surface area contributed by atoms with Gasteiger partial charge in [0.05, 0.1) is 17.6 Å². The molecule has 0 N–H and O–H groups in total.